The van der Waals surface area contributed by atoms with Crippen molar-refractivity contribution >= 4 is 0 Å². The highest BCUT2D eigenvalue weighted by Crippen LogP contribution is 2.50. The Balaban J connectivity index is 2.47. The second-order valence-electron chi connectivity index (χ2n) is 6.13. The summed E-state index contributed by atoms with van der Waals surface area (Å²) >= 11 is 0. The van der Waals surface area contributed by atoms with Crippen LogP contribution in [0.5, 0.6) is 0 Å². The molecule has 1 fully saturated rings. The molecular formula is C15H24O4. The SMILES string of the molecule is C=C(CO)C1(O)C(O)CC(C)C2CC=C(C)C(O)C21. The van der Waals surface area contributed by atoms with Crippen molar-refractivity contribution in [2.45, 2.75) is 44.5 Å². The fourth-order valence-electron chi connectivity index (χ4n) is 3.79. The largest absolute Gasteiger partial charge is 0.392 e. The Hall–Kier alpha value is -0.680. The van der Waals surface area contributed by atoms with Crippen molar-refractivity contribution in [3.63, 3.8) is 0 Å². The first-order valence-electron chi connectivity index (χ1n) is 6.88. The number of hydrogen-bond donors (Lipinski definition) is 4. The van der Waals surface area contributed by atoms with Gasteiger partial charge < -0.3 is 20.4 Å². The Kier molecular flexibility index (Phi) is 3.89. The molecule has 0 spiro atoms. The molecule has 2 rings (SSSR count). The van der Waals surface area contributed by atoms with Gasteiger partial charge in [0.25, 0.3) is 0 Å². The molecule has 2 aliphatic carbocycles. The van der Waals surface area contributed by atoms with Crippen molar-refractivity contribution in [2.24, 2.45) is 17.8 Å². The van der Waals surface area contributed by atoms with Gasteiger partial charge in [0.05, 0.1) is 18.8 Å². The average Bonchev–Trinajstić information content (AvgIpc) is 2.38. The van der Waals surface area contributed by atoms with Gasteiger partial charge in [-0.3, -0.25) is 0 Å². The number of fused-ring (bicyclic) bond motifs is 1. The predicted molar refractivity (Wildman–Crippen MR) is 72.3 cm³/mol. The first-order valence-corrected chi connectivity index (χ1v) is 6.88. The summed E-state index contributed by atoms with van der Waals surface area (Å²) in [6, 6.07) is 0. The molecule has 0 amide bonds. The molecule has 0 saturated heterocycles. The minimum absolute atomic E-state index is 0.0930. The van der Waals surface area contributed by atoms with E-state index in [0.29, 0.717) is 6.42 Å². The molecule has 4 N–H and O–H groups in total. The summed E-state index contributed by atoms with van der Waals surface area (Å²) in [5.41, 5.74) is -0.608. The van der Waals surface area contributed by atoms with Crippen molar-refractivity contribution in [3.8, 4) is 0 Å². The minimum atomic E-state index is -1.61. The lowest BCUT2D eigenvalue weighted by Crippen LogP contribution is -2.62. The van der Waals surface area contributed by atoms with E-state index in [0.717, 1.165) is 12.0 Å². The van der Waals surface area contributed by atoms with Crippen LogP contribution >= 0.6 is 0 Å². The molecule has 0 aromatic carbocycles. The van der Waals surface area contributed by atoms with Gasteiger partial charge in [-0.05, 0) is 42.7 Å². The zero-order chi connectivity index (χ0) is 14.4. The van der Waals surface area contributed by atoms with Crippen LogP contribution < -0.4 is 0 Å². The molecule has 0 bridgehead atoms. The predicted octanol–water partition coefficient (Wildman–Crippen LogP) is 0.610. The molecule has 1 saturated carbocycles. The molecular weight excluding hydrogens is 244 g/mol. The molecule has 108 valence electrons. The van der Waals surface area contributed by atoms with Gasteiger partial charge in [-0.2, -0.15) is 0 Å². The highest BCUT2D eigenvalue weighted by Gasteiger charge is 2.57. The van der Waals surface area contributed by atoms with Crippen molar-refractivity contribution < 1.29 is 20.4 Å². The summed E-state index contributed by atoms with van der Waals surface area (Å²) in [5.74, 6) is -0.197. The van der Waals surface area contributed by atoms with Crippen LogP contribution in [0.3, 0.4) is 0 Å². The summed E-state index contributed by atoms with van der Waals surface area (Å²) in [6.45, 7) is 7.17. The van der Waals surface area contributed by atoms with E-state index >= 15 is 0 Å². The van der Waals surface area contributed by atoms with Crippen LogP contribution in [0.2, 0.25) is 0 Å². The van der Waals surface area contributed by atoms with Crippen LogP contribution in [-0.4, -0.2) is 44.8 Å². The van der Waals surface area contributed by atoms with Gasteiger partial charge in [-0.1, -0.05) is 19.6 Å². The van der Waals surface area contributed by atoms with E-state index in [9.17, 15) is 20.4 Å². The molecule has 0 aliphatic heterocycles. The topological polar surface area (TPSA) is 80.9 Å². The third kappa shape index (κ3) is 2.07. The molecule has 6 atom stereocenters. The Morgan fingerprint density at radius 3 is 2.68 bits per heavy atom. The van der Waals surface area contributed by atoms with Crippen LogP contribution in [0, 0.1) is 17.8 Å². The second-order valence-corrected chi connectivity index (χ2v) is 6.13. The monoisotopic (exact) mass is 268 g/mol. The van der Waals surface area contributed by atoms with Gasteiger partial charge in [0, 0.05) is 5.92 Å². The Morgan fingerprint density at radius 2 is 2.11 bits per heavy atom. The Labute approximate surface area is 114 Å². The van der Waals surface area contributed by atoms with Gasteiger partial charge in [-0.25, -0.2) is 0 Å². The number of rotatable bonds is 2. The number of hydrogen-bond acceptors (Lipinski definition) is 4. The van der Waals surface area contributed by atoms with Crippen LogP contribution in [0.4, 0.5) is 0 Å². The molecule has 19 heavy (non-hydrogen) atoms. The van der Waals surface area contributed by atoms with Crippen LogP contribution in [0.15, 0.2) is 23.8 Å². The maximum absolute atomic E-state index is 10.9. The Morgan fingerprint density at radius 1 is 1.47 bits per heavy atom. The summed E-state index contributed by atoms with van der Waals surface area (Å²) in [7, 11) is 0. The molecule has 6 unspecified atom stereocenters. The lowest BCUT2D eigenvalue weighted by Gasteiger charge is -2.54. The fraction of sp³-hybridized carbons (Fsp3) is 0.733. The Bertz CT molecular complexity index is 403. The van der Waals surface area contributed by atoms with E-state index in [1.54, 1.807) is 0 Å². The smallest absolute Gasteiger partial charge is 0.119 e. The summed E-state index contributed by atoms with van der Waals surface area (Å²) in [5, 5.41) is 40.9. The van der Waals surface area contributed by atoms with Crippen LogP contribution in [0.1, 0.15) is 26.7 Å². The third-order valence-corrected chi connectivity index (χ3v) is 5.08. The highest BCUT2D eigenvalue weighted by atomic mass is 16.3. The number of aliphatic hydroxyl groups is 4. The van der Waals surface area contributed by atoms with E-state index < -0.39 is 23.7 Å². The van der Waals surface area contributed by atoms with Gasteiger partial charge in [0.15, 0.2) is 0 Å². The molecule has 0 radical (unpaired) electrons. The first-order chi connectivity index (χ1) is 8.83. The van der Waals surface area contributed by atoms with Gasteiger partial charge in [0.1, 0.15) is 5.60 Å². The summed E-state index contributed by atoms with van der Waals surface area (Å²) < 4.78 is 0. The first kappa shape index (κ1) is 14.7. The zero-order valence-corrected chi connectivity index (χ0v) is 11.6. The summed E-state index contributed by atoms with van der Waals surface area (Å²) in [6.07, 6.45) is 1.44. The number of aliphatic hydroxyl groups excluding tert-OH is 3. The lowest BCUT2D eigenvalue weighted by atomic mass is 9.56. The quantitative estimate of drug-likeness (QED) is 0.553. The standard InChI is InChI=1S/C15H24O4/c1-8-4-5-11-9(2)6-12(17)15(19,10(3)7-16)13(11)14(8)18/h4,9,11-14,16-19H,3,5-7H2,1-2H3. The molecule has 4 heteroatoms. The average molecular weight is 268 g/mol. The van der Waals surface area contributed by atoms with E-state index in [2.05, 4.69) is 6.58 Å². The van der Waals surface area contributed by atoms with Crippen molar-refractivity contribution in [3.05, 3.63) is 23.8 Å². The van der Waals surface area contributed by atoms with Gasteiger partial charge >= 0.3 is 0 Å². The van der Waals surface area contributed by atoms with E-state index in [-0.39, 0.29) is 24.0 Å². The lowest BCUT2D eigenvalue weighted by molar-refractivity contribution is -0.174. The third-order valence-electron chi connectivity index (χ3n) is 5.08. The zero-order valence-electron chi connectivity index (χ0n) is 11.6. The van der Waals surface area contributed by atoms with Crippen molar-refractivity contribution in [1.82, 2.24) is 0 Å². The van der Waals surface area contributed by atoms with Crippen molar-refractivity contribution in [2.75, 3.05) is 6.61 Å². The minimum Gasteiger partial charge on any atom is -0.392 e. The van der Waals surface area contributed by atoms with E-state index in [1.807, 2.05) is 19.9 Å². The van der Waals surface area contributed by atoms with E-state index in [4.69, 9.17) is 0 Å². The van der Waals surface area contributed by atoms with Crippen molar-refractivity contribution in [1.29, 1.82) is 0 Å². The molecule has 0 aromatic heterocycles. The fourth-order valence-corrected chi connectivity index (χ4v) is 3.79. The summed E-state index contributed by atoms with van der Waals surface area (Å²) in [4.78, 5) is 0. The molecule has 4 nitrogen and oxygen atoms in total. The maximum Gasteiger partial charge on any atom is 0.119 e. The van der Waals surface area contributed by atoms with E-state index in [1.165, 1.54) is 0 Å². The normalized spacial score (nSPS) is 46.4. The van der Waals surface area contributed by atoms with Gasteiger partial charge in [0.2, 0.25) is 0 Å². The maximum atomic E-state index is 10.9. The second kappa shape index (κ2) is 5.02. The molecule has 2 aliphatic rings. The molecule has 0 heterocycles. The van der Waals surface area contributed by atoms with Gasteiger partial charge in [-0.15, -0.1) is 0 Å². The highest BCUT2D eigenvalue weighted by molar-refractivity contribution is 5.28. The number of allylic oxidation sites excluding steroid dienone is 1. The van der Waals surface area contributed by atoms with Crippen LogP contribution in [0.25, 0.3) is 0 Å². The molecule has 0 aromatic rings. The van der Waals surface area contributed by atoms with Crippen LogP contribution in [-0.2, 0) is 0 Å².